The lowest BCUT2D eigenvalue weighted by atomic mass is 10.1. The van der Waals surface area contributed by atoms with Gasteiger partial charge in [0.15, 0.2) is 5.11 Å². The number of benzene rings is 2. The number of aryl methyl sites for hydroxylation is 1. The molecule has 0 aromatic heterocycles. The fourth-order valence-electron chi connectivity index (χ4n) is 2.24. The molecule has 0 aliphatic carbocycles. The van der Waals surface area contributed by atoms with E-state index >= 15 is 0 Å². The smallest absolute Gasteiger partial charge is 0.283 e. The van der Waals surface area contributed by atoms with Crippen LogP contribution in [0.4, 0.5) is 5.69 Å². The molecule has 2 aromatic carbocycles. The second-order valence-corrected chi connectivity index (χ2v) is 6.89. The van der Waals surface area contributed by atoms with Gasteiger partial charge in [-0.1, -0.05) is 35.5 Å². The van der Waals surface area contributed by atoms with Crippen LogP contribution in [0.5, 0.6) is 0 Å². The Hall–Kier alpha value is -2.71. The standard InChI is InChI=1S/C17H13N3O3S2/c1-10-2-5-12(6-3-10)25-15-7-4-11(9-14(15)20(22)23)8-13-16(21)19-17(24)18-13/h2-9H,1H3,(H2,18,19,21,24). The van der Waals surface area contributed by atoms with Gasteiger partial charge >= 0.3 is 0 Å². The average molecular weight is 371 g/mol. The van der Waals surface area contributed by atoms with Crippen LogP contribution in [0.15, 0.2) is 58.0 Å². The van der Waals surface area contributed by atoms with Gasteiger partial charge < -0.3 is 5.32 Å². The van der Waals surface area contributed by atoms with Gasteiger partial charge in [0, 0.05) is 11.0 Å². The maximum atomic E-state index is 11.7. The zero-order chi connectivity index (χ0) is 18.0. The van der Waals surface area contributed by atoms with Crippen LogP contribution in [0.3, 0.4) is 0 Å². The molecule has 0 spiro atoms. The first kappa shape index (κ1) is 17.1. The second-order valence-electron chi connectivity index (χ2n) is 5.37. The van der Waals surface area contributed by atoms with E-state index in [-0.39, 0.29) is 22.4 Å². The largest absolute Gasteiger partial charge is 0.328 e. The summed E-state index contributed by atoms with van der Waals surface area (Å²) >= 11 is 6.19. The van der Waals surface area contributed by atoms with E-state index in [0.717, 1.165) is 10.5 Å². The van der Waals surface area contributed by atoms with E-state index in [1.807, 2.05) is 31.2 Å². The van der Waals surface area contributed by atoms with E-state index in [1.54, 1.807) is 12.1 Å². The van der Waals surface area contributed by atoms with Gasteiger partial charge in [0.2, 0.25) is 0 Å². The molecule has 1 aliphatic heterocycles. The number of carbonyl (C=O) groups is 1. The molecule has 3 rings (SSSR count). The molecule has 8 heteroatoms. The third-order valence-electron chi connectivity index (χ3n) is 3.46. The Bertz CT molecular complexity index is 908. The van der Waals surface area contributed by atoms with Crippen LogP contribution < -0.4 is 10.6 Å². The Morgan fingerprint density at radius 1 is 1.16 bits per heavy atom. The van der Waals surface area contributed by atoms with Gasteiger partial charge in [-0.3, -0.25) is 20.2 Å². The Morgan fingerprint density at radius 3 is 2.48 bits per heavy atom. The number of nitrogens with one attached hydrogen (secondary N) is 2. The Kier molecular flexibility index (Phi) is 4.82. The minimum Gasteiger partial charge on any atom is -0.328 e. The highest BCUT2D eigenvalue weighted by molar-refractivity contribution is 7.99. The van der Waals surface area contributed by atoms with E-state index in [2.05, 4.69) is 10.6 Å². The van der Waals surface area contributed by atoms with Gasteiger partial charge in [0.05, 0.1) is 9.82 Å². The number of amides is 1. The van der Waals surface area contributed by atoms with Crippen LogP contribution in [-0.2, 0) is 4.79 Å². The third kappa shape index (κ3) is 4.04. The summed E-state index contributed by atoms with van der Waals surface area (Å²) < 4.78 is 0. The van der Waals surface area contributed by atoms with Gasteiger partial charge in [0.25, 0.3) is 11.6 Å². The van der Waals surface area contributed by atoms with Crippen molar-refractivity contribution in [3.05, 3.63) is 69.4 Å². The molecule has 0 atom stereocenters. The Labute approximate surface area is 153 Å². The summed E-state index contributed by atoms with van der Waals surface area (Å²) in [6.07, 6.45) is 1.53. The minimum atomic E-state index is -0.425. The maximum absolute atomic E-state index is 11.7. The molecular weight excluding hydrogens is 358 g/mol. The topological polar surface area (TPSA) is 84.3 Å². The first-order valence-corrected chi connectivity index (χ1v) is 8.52. The molecule has 126 valence electrons. The van der Waals surface area contributed by atoms with E-state index < -0.39 is 4.92 Å². The lowest BCUT2D eigenvalue weighted by Gasteiger charge is -2.05. The summed E-state index contributed by atoms with van der Waals surface area (Å²) in [5, 5.41) is 16.8. The van der Waals surface area contributed by atoms with Crippen molar-refractivity contribution in [3.8, 4) is 0 Å². The number of nitrogens with zero attached hydrogens (tertiary/aromatic N) is 1. The van der Waals surface area contributed by atoms with Gasteiger partial charge in [-0.05, 0) is 49.0 Å². The fourth-order valence-corrected chi connectivity index (χ4v) is 3.34. The summed E-state index contributed by atoms with van der Waals surface area (Å²) in [6, 6.07) is 12.6. The fraction of sp³-hybridized carbons (Fsp3) is 0.0588. The third-order valence-corrected chi connectivity index (χ3v) is 4.74. The molecule has 1 fully saturated rings. The molecule has 1 heterocycles. The molecule has 1 aliphatic rings. The molecule has 1 amide bonds. The molecule has 0 saturated carbocycles. The van der Waals surface area contributed by atoms with E-state index in [1.165, 1.54) is 23.9 Å². The maximum Gasteiger partial charge on any atom is 0.283 e. The SMILES string of the molecule is Cc1ccc(Sc2ccc(C=C3NC(=S)NC3=O)cc2[N+](=O)[O-])cc1. The summed E-state index contributed by atoms with van der Waals surface area (Å²) in [5.74, 6) is -0.356. The number of carbonyl (C=O) groups excluding carboxylic acids is 1. The highest BCUT2D eigenvalue weighted by Crippen LogP contribution is 2.35. The van der Waals surface area contributed by atoms with Crippen molar-refractivity contribution in [2.75, 3.05) is 0 Å². The number of hydrogen-bond donors (Lipinski definition) is 2. The zero-order valence-corrected chi connectivity index (χ0v) is 14.7. The molecule has 0 unspecified atom stereocenters. The van der Waals surface area contributed by atoms with Gasteiger partial charge in [-0.15, -0.1) is 0 Å². The predicted molar refractivity (Wildman–Crippen MR) is 100 cm³/mol. The molecule has 0 radical (unpaired) electrons. The number of nitro groups is 1. The molecule has 25 heavy (non-hydrogen) atoms. The summed E-state index contributed by atoms with van der Waals surface area (Å²) in [5.41, 5.74) is 1.92. The highest BCUT2D eigenvalue weighted by atomic mass is 32.2. The van der Waals surface area contributed by atoms with Gasteiger partial charge in [-0.25, -0.2) is 0 Å². The monoisotopic (exact) mass is 371 g/mol. The van der Waals surface area contributed by atoms with Crippen molar-refractivity contribution in [2.24, 2.45) is 0 Å². The lowest BCUT2D eigenvalue weighted by molar-refractivity contribution is -0.387. The molecule has 2 N–H and O–H groups in total. The quantitative estimate of drug-likeness (QED) is 0.371. The number of nitro benzene ring substituents is 1. The molecule has 6 nitrogen and oxygen atoms in total. The number of thiocarbonyl (C=S) groups is 1. The van der Waals surface area contributed by atoms with Crippen molar-refractivity contribution in [1.82, 2.24) is 10.6 Å². The normalized spacial score (nSPS) is 15.2. The van der Waals surface area contributed by atoms with E-state index in [0.29, 0.717) is 10.5 Å². The van der Waals surface area contributed by atoms with Crippen LogP contribution >= 0.6 is 24.0 Å². The first-order valence-electron chi connectivity index (χ1n) is 7.29. The van der Waals surface area contributed by atoms with Gasteiger partial charge in [0.1, 0.15) is 5.70 Å². The average Bonchev–Trinajstić information content (AvgIpc) is 2.88. The Balaban J connectivity index is 1.92. The number of rotatable bonds is 4. The van der Waals surface area contributed by atoms with E-state index in [9.17, 15) is 14.9 Å². The molecule has 0 bridgehead atoms. The van der Waals surface area contributed by atoms with Crippen LogP contribution in [0, 0.1) is 17.0 Å². The second kappa shape index (κ2) is 7.04. The lowest BCUT2D eigenvalue weighted by Crippen LogP contribution is -2.21. The number of hydrogen-bond acceptors (Lipinski definition) is 5. The van der Waals surface area contributed by atoms with Gasteiger partial charge in [-0.2, -0.15) is 0 Å². The Morgan fingerprint density at radius 2 is 1.88 bits per heavy atom. The van der Waals surface area contributed by atoms with Crippen molar-refractivity contribution in [1.29, 1.82) is 0 Å². The first-order chi connectivity index (χ1) is 11.9. The van der Waals surface area contributed by atoms with Crippen molar-refractivity contribution in [3.63, 3.8) is 0 Å². The van der Waals surface area contributed by atoms with Crippen molar-refractivity contribution in [2.45, 2.75) is 16.7 Å². The molecule has 1 saturated heterocycles. The predicted octanol–water partition coefficient (Wildman–Crippen LogP) is 3.40. The van der Waals surface area contributed by atoms with Crippen LogP contribution in [-0.4, -0.2) is 15.9 Å². The highest BCUT2D eigenvalue weighted by Gasteiger charge is 2.21. The van der Waals surface area contributed by atoms with Crippen LogP contribution in [0.2, 0.25) is 0 Å². The molecular formula is C17H13N3O3S2. The summed E-state index contributed by atoms with van der Waals surface area (Å²) in [6.45, 7) is 1.98. The zero-order valence-electron chi connectivity index (χ0n) is 13.1. The molecule has 2 aromatic rings. The van der Waals surface area contributed by atoms with Crippen molar-refractivity contribution >= 4 is 46.8 Å². The minimum absolute atomic E-state index is 0.0130. The summed E-state index contributed by atoms with van der Waals surface area (Å²) in [7, 11) is 0. The van der Waals surface area contributed by atoms with Crippen LogP contribution in [0.25, 0.3) is 6.08 Å². The van der Waals surface area contributed by atoms with Crippen LogP contribution in [0.1, 0.15) is 11.1 Å². The summed E-state index contributed by atoms with van der Waals surface area (Å²) in [4.78, 5) is 24.1. The van der Waals surface area contributed by atoms with Crippen molar-refractivity contribution < 1.29 is 9.72 Å². The van der Waals surface area contributed by atoms with E-state index in [4.69, 9.17) is 12.2 Å².